The average molecular weight is 287 g/mol. The standard InChI is InChI=1S/C17H18FNO2/c1-2-21-16-6-4-3-5-15(16)19-17(20)12-9-13-7-10-14(18)11-8-13/h3-8,10-11H,2,9,12H2,1H3,(H,19,20). The molecule has 0 atom stereocenters. The number of aryl methyl sites for hydroxylation is 1. The van der Waals surface area contributed by atoms with Crippen LogP contribution in [0.4, 0.5) is 10.1 Å². The lowest BCUT2D eigenvalue weighted by Gasteiger charge is -2.11. The van der Waals surface area contributed by atoms with Gasteiger partial charge in [-0.05, 0) is 43.2 Å². The Bertz CT molecular complexity index is 596. The third kappa shape index (κ3) is 4.60. The van der Waals surface area contributed by atoms with Crippen LogP contribution in [0.1, 0.15) is 18.9 Å². The normalized spacial score (nSPS) is 10.2. The molecule has 1 N–H and O–H groups in total. The highest BCUT2D eigenvalue weighted by molar-refractivity contribution is 5.92. The molecule has 3 nitrogen and oxygen atoms in total. The molecule has 2 aromatic rings. The first-order chi connectivity index (χ1) is 10.2. The molecule has 0 aliphatic heterocycles. The molecule has 0 aliphatic rings. The number of nitrogens with one attached hydrogen (secondary N) is 1. The second-order valence-corrected chi connectivity index (χ2v) is 4.60. The zero-order valence-corrected chi connectivity index (χ0v) is 11.9. The topological polar surface area (TPSA) is 38.3 Å². The van der Waals surface area contributed by atoms with Gasteiger partial charge >= 0.3 is 0 Å². The largest absolute Gasteiger partial charge is 0.492 e. The van der Waals surface area contributed by atoms with Crippen LogP contribution in [0.15, 0.2) is 48.5 Å². The van der Waals surface area contributed by atoms with Gasteiger partial charge in [0.2, 0.25) is 5.91 Å². The van der Waals surface area contributed by atoms with Gasteiger partial charge in [-0.25, -0.2) is 4.39 Å². The summed E-state index contributed by atoms with van der Waals surface area (Å²) >= 11 is 0. The molecule has 2 aromatic carbocycles. The summed E-state index contributed by atoms with van der Waals surface area (Å²) in [5.74, 6) is 0.301. The fourth-order valence-electron chi connectivity index (χ4n) is 1.97. The SMILES string of the molecule is CCOc1ccccc1NC(=O)CCc1ccc(F)cc1. The van der Waals surface area contributed by atoms with Crippen molar-refractivity contribution in [3.63, 3.8) is 0 Å². The zero-order valence-electron chi connectivity index (χ0n) is 11.9. The summed E-state index contributed by atoms with van der Waals surface area (Å²) in [6, 6.07) is 13.5. The molecule has 0 unspecified atom stereocenters. The Hall–Kier alpha value is -2.36. The first-order valence-corrected chi connectivity index (χ1v) is 6.95. The van der Waals surface area contributed by atoms with Gasteiger partial charge in [0.1, 0.15) is 11.6 Å². The quantitative estimate of drug-likeness (QED) is 0.877. The van der Waals surface area contributed by atoms with Crippen LogP contribution in [0, 0.1) is 5.82 Å². The number of carbonyl (C=O) groups is 1. The average Bonchev–Trinajstić information content (AvgIpc) is 2.49. The number of hydrogen-bond acceptors (Lipinski definition) is 2. The Kier molecular flexibility index (Phi) is 5.32. The van der Waals surface area contributed by atoms with Crippen molar-refractivity contribution in [2.24, 2.45) is 0 Å². The summed E-state index contributed by atoms with van der Waals surface area (Å²) in [6.07, 6.45) is 0.912. The molecule has 2 rings (SSSR count). The Morgan fingerprint density at radius 2 is 1.86 bits per heavy atom. The Labute approximate surface area is 123 Å². The van der Waals surface area contributed by atoms with E-state index in [-0.39, 0.29) is 11.7 Å². The summed E-state index contributed by atoms with van der Waals surface area (Å²) in [4.78, 5) is 12.0. The van der Waals surface area contributed by atoms with Crippen LogP contribution in [-0.2, 0) is 11.2 Å². The maximum absolute atomic E-state index is 12.8. The van der Waals surface area contributed by atoms with Gasteiger partial charge in [0.25, 0.3) is 0 Å². The number of para-hydroxylation sites is 2. The minimum absolute atomic E-state index is 0.0912. The number of anilines is 1. The first kappa shape index (κ1) is 15.0. The van der Waals surface area contributed by atoms with E-state index in [1.165, 1.54) is 12.1 Å². The predicted octanol–water partition coefficient (Wildman–Crippen LogP) is 3.80. The third-order valence-corrected chi connectivity index (χ3v) is 3.01. The van der Waals surface area contributed by atoms with Crippen LogP contribution >= 0.6 is 0 Å². The summed E-state index contributed by atoms with van der Waals surface area (Å²) in [5, 5.41) is 2.84. The number of carbonyl (C=O) groups excluding carboxylic acids is 1. The molecule has 110 valence electrons. The third-order valence-electron chi connectivity index (χ3n) is 3.01. The molecular weight excluding hydrogens is 269 g/mol. The van der Waals surface area contributed by atoms with E-state index in [4.69, 9.17) is 4.74 Å². The molecule has 0 saturated carbocycles. The van der Waals surface area contributed by atoms with E-state index in [1.807, 2.05) is 25.1 Å². The monoisotopic (exact) mass is 287 g/mol. The number of rotatable bonds is 6. The van der Waals surface area contributed by atoms with Crippen molar-refractivity contribution >= 4 is 11.6 Å². The molecule has 0 bridgehead atoms. The fourth-order valence-corrected chi connectivity index (χ4v) is 1.97. The van der Waals surface area contributed by atoms with Crippen LogP contribution < -0.4 is 10.1 Å². The number of amides is 1. The summed E-state index contributed by atoms with van der Waals surface area (Å²) in [5.41, 5.74) is 1.60. The molecule has 0 heterocycles. The van der Waals surface area contributed by atoms with Gasteiger partial charge in [-0.2, -0.15) is 0 Å². The molecule has 21 heavy (non-hydrogen) atoms. The number of ether oxygens (including phenoxy) is 1. The number of halogens is 1. The van der Waals surface area contributed by atoms with E-state index in [9.17, 15) is 9.18 Å². The van der Waals surface area contributed by atoms with Crippen LogP contribution in [0.25, 0.3) is 0 Å². The van der Waals surface area contributed by atoms with E-state index >= 15 is 0 Å². The molecular formula is C17H18FNO2. The lowest BCUT2D eigenvalue weighted by Crippen LogP contribution is -2.13. The van der Waals surface area contributed by atoms with Gasteiger partial charge in [-0.1, -0.05) is 24.3 Å². The lowest BCUT2D eigenvalue weighted by atomic mass is 10.1. The Morgan fingerprint density at radius 3 is 2.57 bits per heavy atom. The maximum atomic E-state index is 12.8. The van der Waals surface area contributed by atoms with Crippen LogP contribution in [0.2, 0.25) is 0 Å². The van der Waals surface area contributed by atoms with Crippen molar-refractivity contribution in [3.05, 3.63) is 59.9 Å². The van der Waals surface area contributed by atoms with Gasteiger partial charge in [0.05, 0.1) is 12.3 Å². The van der Waals surface area contributed by atoms with Gasteiger partial charge in [0, 0.05) is 6.42 Å². The van der Waals surface area contributed by atoms with Crippen molar-refractivity contribution in [3.8, 4) is 5.75 Å². The molecule has 1 amide bonds. The second-order valence-electron chi connectivity index (χ2n) is 4.60. The van der Waals surface area contributed by atoms with Crippen LogP contribution in [-0.4, -0.2) is 12.5 Å². The number of hydrogen-bond donors (Lipinski definition) is 1. The highest BCUT2D eigenvalue weighted by atomic mass is 19.1. The fraction of sp³-hybridized carbons (Fsp3) is 0.235. The molecule has 0 radical (unpaired) electrons. The second kappa shape index (κ2) is 7.43. The maximum Gasteiger partial charge on any atom is 0.224 e. The van der Waals surface area contributed by atoms with E-state index in [0.29, 0.717) is 30.9 Å². The number of benzene rings is 2. The molecule has 0 aliphatic carbocycles. The van der Waals surface area contributed by atoms with Crippen molar-refractivity contribution in [2.45, 2.75) is 19.8 Å². The highest BCUT2D eigenvalue weighted by Gasteiger charge is 2.07. The zero-order chi connectivity index (χ0) is 15.1. The van der Waals surface area contributed by atoms with Crippen molar-refractivity contribution < 1.29 is 13.9 Å². The molecule has 0 spiro atoms. The molecule has 0 saturated heterocycles. The van der Waals surface area contributed by atoms with Gasteiger partial charge < -0.3 is 10.1 Å². The lowest BCUT2D eigenvalue weighted by molar-refractivity contribution is -0.116. The van der Waals surface area contributed by atoms with Gasteiger partial charge in [-0.15, -0.1) is 0 Å². The van der Waals surface area contributed by atoms with Gasteiger partial charge in [0.15, 0.2) is 0 Å². The van der Waals surface area contributed by atoms with E-state index in [1.54, 1.807) is 18.2 Å². The highest BCUT2D eigenvalue weighted by Crippen LogP contribution is 2.23. The van der Waals surface area contributed by atoms with Crippen molar-refractivity contribution in [2.75, 3.05) is 11.9 Å². The van der Waals surface area contributed by atoms with Crippen molar-refractivity contribution in [1.29, 1.82) is 0 Å². The molecule has 0 fully saturated rings. The Balaban J connectivity index is 1.91. The van der Waals surface area contributed by atoms with Crippen LogP contribution in [0.3, 0.4) is 0 Å². The van der Waals surface area contributed by atoms with E-state index in [0.717, 1.165) is 5.56 Å². The van der Waals surface area contributed by atoms with Crippen molar-refractivity contribution in [1.82, 2.24) is 0 Å². The summed E-state index contributed by atoms with van der Waals surface area (Å²) < 4.78 is 18.3. The van der Waals surface area contributed by atoms with E-state index in [2.05, 4.69) is 5.32 Å². The predicted molar refractivity (Wildman–Crippen MR) is 81.0 cm³/mol. The van der Waals surface area contributed by atoms with Gasteiger partial charge in [-0.3, -0.25) is 4.79 Å². The molecule has 0 aromatic heterocycles. The Morgan fingerprint density at radius 1 is 1.14 bits per heavy atom. The summed E-state index contributed by atoms with van der Waals surface area (Å²) in [6.45, 7) is 2.44. The van der Waals surface area contributed by atoms with E-state index < -0.39 is 0 Å². The minimum Gasteiger partial charge on any atom is -0.492 e. The molecule has 4 heteroatoms. The first-order valence-electron chi connectivity index (χ1n) is 6.95. The van der Waals surface area contributed by atoms with Crippen LogP contribution in [0.5, 0.6) is 5.75 Å². The smallest absolute Gasteiger partial charge is 0.224 e. The minimum atomic E-state index is -0.270. The summed E-state index contributed by atoms with van der Waals surface area (Å²) in [7, 11) is 0.